The first-order chi connectivity index (χ1) is 16.8. The number of carboxylic acids is 1. The second-order valence-corrected chi connectivity index (χ2v) is 8.68. The van der Waals surface area contributed by atoms with E-state index in [2.05, 4.69) is 10.6 Å². The topological polar surface area (TPSA) is 123 Å². The number of benzene rings is 3. The fourth-order valence-electron chi connectivity index (χ4n) is 4.21. The summed E-state index contributed by atoms with van der Waals surface area (Å²) in [4.78, 5) is 38.4. The van der Waals surface area contributed by atoms with Crippen LogP contribution in [0.5, 0.6) is 0 Å². The van der Waals surface area contributed by atoms with E-state index >= 15 is 0 Å². The van der Waals surface area contributed by atoms with Crippen molar-refractivity contribution in [3.63, 3.8) is 0 Å². The lowest BCUT2D eigenvalue weighted by Gasteiger charge is -2.27. The smallest absolute Gasteiger partial charge is 0.326 e. The maximum Gasteiger partial charge on any atom is 0.326 e. The van der Waals surface area contributed by atoms with E-state index in [4.69, 9.17) is 5.26 Å². The molecule has 3 amide bonds. The van der Waals surface area contributed by atoms with Gasteiger partial charge in [0, 0.05) is 23.5 Å². The molecule has 1 heterocycles. The molecule has 4 rings (SSSR count). The van der Waals surface area contributed by atoms with Gasteiger partial charge in [-0.3, -0.25) is 4.79 Å². The average Bonchev–Trinajstić information content (AvgIpc) is 3.14. The quantitative estimate of drug-likeness (QED) is 0.473. The number of carboxylic acid groups (broad SMARTS) is 1. The lowest BCUT2D eigenvalue weighted by Crippen LogP contribution is -2.44. The number of amides is 3. The number of carbonyl (C=O) groups is 3. The van der Waals surface area contributed by atoms with Crippen LogP contribution in [0.15, 0.2) is 66.7 Å². The summed E-state index contributed by atoms with van der Waals surface area (Å²) in [5.41, 5.74) is 4.53. The van der Waals surface area contributed by atoms with Crippen molar-refractivity contribution >= 4 is 29.3 Å². The second-order valence-electron chi connectivity index (χ2n) is 8.68. The Hall–Kier alpha value is -4.64. The second kappa shape index (κ2) is 9.69. The van der Waals surface area contributed by atoms with Crippen LogP contribution in [0.3, 0.4) is 0 Å². The maximum atomic E-state index is 13.0. The first-order valence-corrected chi connectivity index (χ1v) is 11.1. The number of fused-ring (bicyclic) bond motifs is 1. The fraction of sp³-hybridized carbons (Fsp3) is 0.185. The molecule has 0 bridgehead atoms. The van der Waals surface area contributed by atoms with Crippen LogP contribution in [0.2, 0.25) is 0 Å². The van der Waals surface area contributed by atoms with Crippen molar-refractivity contribution in [2.24, 2.45) is 5.92 Å². The number of nitrogens with one attached hydrogen (secondary N) is 2. The SMILES string of the molecule is CC(C)[C@@H](C(=O)O)N1Cc2ccc(-c3ccc(NC(=O)Nc4cccc(C#N)c4)cc3)cc2C1=O. The van der Waals surface area contributed by atoms with Gasteiger partial charge in [-0.2, -0.15) is 5.26 Å². The molecule has 0 fully saturated rings. The molecule has 3 N–H and O–H groups in total. The number of hydrogen-bond donors (Lipinski definition) is 3. The minimum Gasteiger partial charge on any atom is -0.480 e. The monoisotopic (exact) mass is 468 g/mol. The summed E-state index contributed by atoms with van der Waals surface area (Å²) in [6.45, 7) is 3.86. The number of carbonyl (C=O) groups excluding carboxylic acids is 2. The first-order valence-electron chi connectivity index (χ1n) is 11.1. The minimum absolute atomic E-state index is 0.210. The van der Waals surface area contributed by atoms with E-state index in [1.807, 2.05) is 30.3 Å². The Bertz CT molecular complexity index is 1340. The number of rotatable bonds is 6. The normalized spacial score (nSPS) is 13.2. The van der Waals surface area contributed by atoms with Crippen molar-refractivity contribution in [3.8, 4) is 17.2 Å². The lowest BCUT2D eigenvalue weighted by molar-refractivity contribution is -0.144. The van der Waals surface area contributed by atoms with E-state index in [1.165, 1.54) is 4.90 Å². The first kappa shape index (κ1) is 23.5. The van der Waals surface area contributed by atoms with Gasteiger partial charge in [0.1, 0.15) is 6.04 Å². The molecule has 0 radical (unpaired) electrons. The highest BCUT2D eigenvalue weighted by molar-refractivity contribution is 6.02. The number of urea groups is 1. The van der Waals surface area contributed by atoms with Crippen LogP contribution in [-0.2, 0) is 11.3 Å². The number of nitriles is 1. The van der Waals surface area contributed by atoms with E-state index in [9.17, 15) is 19.5 Å². The van der Waals surface area contributed by atoms with Crippen molar-refractivity contribution in [2.45, 2.75) is 26.4 Å². The van der Waals surface area contributed by atoms with Crippen molar-refractivity contribution in [1.29, 1.82) is 5.26 Å². The van der Waals surface area contributed by atoms with Gasteiger partial charge in [0.05, 0.1) is 11.6 Å². The van der Waals surface area contributed by atoms with Gasteiger partial charge in [0.15, 0.2) is 0 Å². The van der Waals surface area contributed by atoms with Gasteiger partial charge in [-0.25, -0.2) is 9.59 Å². The summed E-state index contributed by atoms with van der Waals surface area (Å²) >= 11 is 0. The molecular formula is C27H24N4O4. The van der Waals surface area contributed by atoms with E-state index in [0.717, 1.165) is 16.7 Å². The molecule has 0 aliphatic carbocycles. The van der Waals surface area contributed by atoms with Crippen LogP contribution in [0.1, 0.15) is 35.3 Å². The maximum absolute atomic E-state index is 13.0. The third kappa shape index (κ3) is 4.99. The van der Waals surface area contributed by atoms with Crippen molar-refractivity contribution in [1.82, 2.24) is 4.90 Å². The van der Waals surface area contributed by atoms with E-state index in [0.29, 0.717) is 22.5 Å². The highest BCUT2D eigenvalue weighted by Crippen LogP contribution is 2.31. The molecule has 8 heteroatoms. The summed E-state index contributed by atoms with van der Waals surface area (Å²) < 4.78 is 0. The molecule has 3 aromatic carbocycles. The zero-order chi connectivity index (χ0) is 25.1. The molecule has 3 aromatic rings. The number of aliphatic carboxylic acids is 1. The number of hydrogen-bond acceptors (Lipinski definition) is 4. The number of nitrogens with zero attached hydrogens (tertiary/aromatic N) is 2. The van der Waals surface area contributed by atoms with Crippen molar-refractivity contribution in [3.05, 3.63) is 83.4 Å². The zero-order valence-electron chi connectivity index (χ0n) is 19.3. The molecule has 0 unspecified atom stereocenters. The predicted molar refractivity (Wildman–Crippen MR) is 132 cm³/mol. The van der Waals surface area contributed by atoms with Gasteiger partial charge in [-0.15, -0.1) is 0 Å². The molecule has 1 aliphatic heterocycles. The van der Waals surface area contributed by atoms with Gasteiger partial charge in [0.2, 0.25) is 0 Å². The summed E-state index contributed by atoms with van der Waals surface area (Å²) in [7, 11) is 0. The summed E-state index contributed by atoms with van der Waals surface area (Å²) in [5.74, 6) is -1.50. The molecule has 0 aromatic heterocycles. The molecule has 8 nitrogen and oxygen atoms in total. The van der Waals surface area contributed by atoms with Crippen LogP contribution in [0.25, 0.3) is 11.1 Å². The van der Waals surface area contributed by atoms with Crippen LogP contribution < -0.4 is 10.6 Å². The van der Waals surface area contributed by atoms with Crippen LogP contribution >= 0.6 is 0 Å². The summed E-state index contributed by atoms with van der Waals surface area (Å²) in [6.07, 6.45) is 0. The molecule has 0 saturated carbocycles. The average molecular weight is 469 g/mol. The van der Waals surface area contributed by atoms with Crippen molar-refractivity contribution in [2.75, 3.05) is 10.6 Å². The molecule has 176 valence electrons. The molecule has 35 heavy (non-hydrogen) atoms. The lowest BCUT2D eigenvalue weighted by atomic mass is 10.00. The molecular weight excluding hydrogens is 444 g/mol. The van der Waals surface area contributed by atoms with Gasteiger partial charge >= 0.3 is 12.0 Å². The highest BCUT2D eigenvalue weighted by Gasteiger charge is 2.38. The van der Waals surface area contributed by atoms with E-state index in [1.54, 1.807) is 56.3 Å². The third-order valence-electron chi connectivity index (χ3n) is 5.89. The number of anilines is 2. The summed E-state index contributed by atoms with van der Waals surface area (Å²) in [5, 5.41) is 24.0. The Balaban J connectivity index is 1.46. The van der Waals surface area contributed by atoms with E-state index in [-0.39, 0.29) is 18.4 Å². The Morgan fingerprint density at radius 1 is 0.971 bits per heavy atom. The van der Waals surface area contributed by atoms with Gasteiger partial charge in [0.25, 0.3) is 5.91 Å². The Labute approximate surface area is 202 Å². The van der Waals surface area contributed by atoms with Gasteiger partial charge < -0.3 is 20.6 Å². The van der Waals surface area contributed by atoms with E-state index < -0.39 is 18.0 Å². The largest absolute Gasteiger partial charge is 0.480 e. The summed E-state index contributed by atoms with van der Waals surface area (Å²) in [6, 6.07) is 20.0. The Morgan fingerprint density at radius 3 is 2.31 bits per heavy atom. The van der Waals surface area contributed by atoms with Crippen LogP contribution in [0.4, 0.5) is 16.2 Å². The minimum atomic E-state index is -1.01. The third-order valence-corrected chi connectivity index (χ3v) is 5.89. The van der Waals surface area contributed by atoms with Gasteiger partial charge in [-0.1, -0.05) is 44.2 Å². The molecule has 0 saturated heterocycles. The molecule has 1 aliphatic rings. The fourth-order valence-corrected chi connectivity index (χ4v) is 4.21. The molecule has 0 spiro atoms. The van der Waals surface area contributed by atoms with Crippen LogP contribution in [-0.4, -0.2) is 34.0 Å². The highest BCUT2D eigenvalue weighted by atomic mass is 16.4. The predicted octanol–water partition coefficient (Wildman–Crippen LogP) is 4.93. The van der Waals surface area contributed by atoms with Gasteiger partial charge in [-0.05, 0) is 59.0 Å². The molecule has 1 atom stereocenters. The Kier molecular flexibility index (Phi) is 6.51. The standard InChI is InChI=1S/C27H24N4O4/c1-16(2)24(26(33)34)31-15-20-7-6-19(13-23(20)25(31)32)18-8-10-21(11-9-18)29-27(35)30-22-5-3-4-17(12-22)14-28/h3-13,16,24H,15H2,1-2H3,(H,33,34)(H2,29,30,35)/t24-/m0/s1. The Morgan fingerprint density at radius 2 is 1.66 bits per heavy atom. The van der Waals surface area contributed by atoms with Crippen molar-refractivity contribution < 1.29 is 19.5 Å². The zero-order valence-corrected chi connectivity index (χ0v) is 19.3. The van der Waals surface area contributed by atoms with Crippen LogP contribution in [0, 0.1) is 17.2 Å².